The van der Waals surface area contributed by atoms with Crippen molar-refractivity contribution in [3.8, 4) is 0 Å². The summed E-state index contributed by atoms with van der Waals surface area (Å²) in [5.41, 5.74) is 2.16. The third-order valence-electron chi connectivity index (χ3n) is 4.52. The van der Waals surface area contributed by atoms with Gasteiger partial charge in [0.05, 0.1) is 9.26 Å². The molecule has 0 N–H and O–H groups in total. The van der Waals surface area contributed by atoms with E-state index in [0.29, 0.717) is 13.0 Å². The number of piperazine rings is 1. The molecule has 0 saturated carbocycles. The highest BCUT2D eigenvalue weighted by molar-refractivity contribution is 14.1. The van der Waals surface area contributed by atoms with Crippen LogP contribution in [-0.4, -0.2) is 51.7 Å². The molecule has 1 fully saturated rings. The van der Waals surface area contributed by atoms with Gasteiger partial charge in [0.2, 0.25) is 5.91 Å². The number of hydrogen-bond acceptors (Lipinski definition) is 3. The molecule has 1 saturated heterocycles. The van der Waals surface area contributed by atoms with Crippen molar-refractivity contribution in [1.29, 1.82) is 0 Å². The van der Waals surface area contributed by atoms with Crippen LogP contribution in [0.25, 0.3) is 0 Å². The summed E-state index contributed by atoms with van der Waals surface area (Å²) in [6.07, 6.45) is 2.49. The van der Waals surface area contributed by atoms with Crippen molar-refractivity contribution in [3.05, 3.63) is 50.3 Å². The van der Waals surface area contributed by atoms with Gasteiger partial charge < -0.3 is 4.90 Å². The number of nitrogens with zero attached hydrogens (tertiary/aromatic N) is 4. The minimum absolute atomic E-state index is 0.209. The molecule has 2 aromatic rings. The van der Waals surface area contributed by atoms with Gasteiger partial charge in [-0.15, -0.1) is 0 Å². The molecule has 7 heteroatoms. The van der Waals surface area contributed by atoms with Crippen LogP contribution in [0.2, 0.25) is 5.02 Å². The molecule has 0 atom stereocenters. The predicted molar refractivity (Wildman–Crippen MR) is 108 cm³/mol. The molecule has 0 bridgehead atoms. The minimum Gasteiger partial charge on any atom is -0.340 e. The number of hydrogen-bond donors (Lipinski definition) is 0. The van der Waals surface area contributed by atoms with Crippen molar-refractivity contribution < 1.29 is 4.79 Å². The Morgan fingerprint density at radius 3 is 2.60 bits per heavy atom. The standard InChI is InChI=1S/C18H22ClIN4O/c1-14-17(20)13-24(21-14)7-6-18(25)23-10-8-22(9-11-23)12-15-4-2-3-5-16(15)19/h2-5,13H,6-12H2,1H3. The second-order valence-electron chi connectivity index (χ2n) is 6.32. The van der Waals surface area contributed by atoms with E-state index in [-0.39, 0.29) is 5.91 Å². The van der Waals surface area contributed by atoms with Gasteiger partial charge in [-0.25, -0.2) is 0 Å². The Labute approximate surface area is 167 Å². The fourth-order valence-electron chi connectivity index (χ4n) is 3.00. The molecule has 3 rings (SSSR count). The molecule has 1 aromatic heterocycles. The number of carbonyl (C=O) groups is 1. The Kier molecular flexibility index (Phi) is 6.35. The highest BCUT2D eigenvalue weighted by Gasteiger charge is 2.21. The SMILES string of the molecule is Cc1nn(CCC(=O)N2CCN(Cc3ccccc3Cl)CC2)cc1I. The van der Waals surface area contributed by atoms with Crippen molar-refractivity contribution in [2.24, 2.45) is 0 Å². The van der Waals surface area contributed by atoms with Gasteiger partial charge in [0, 0.05) is 56.9 Å². The average Bonchev–Trinajstić information content (AvgIpc) is 2.93. The van der Waals surface area contributed by atoms with Crippen LogP contribution in [0, 0.1) is 10.5 Å². The van der Waals surface area contributed by atoms with Crippen LogP contribution >= 0.6 is 34.2 Å². The van der Waals surface area contributed by atoms with Gasteiger partial charge in [-0.2, -0.15) is 5.10 Å². The predicted octanol–water partition coefficient (Wildman–Crippen LogP) is 3.18. The molecule has 1 aliphatic rings. The summed E-state index contributed by atoms with van der Waals surface area (Å²) in [5, 5.41) is 5.22. The van der Waals surface area contributed by atoms with E-state index >= 15 is 0 Å². The topological polar surface area (TPSA) is 41.4 Å². The van der Waals surface area contributed by atoms with Crippen molar-refractivity contribution in [2.75, 3.05) is 26.2 Å². The van der Waals surface area contributed by atoms with E-state index in [4.69, 9.17) is 11.6 Å². The average molecular weight is 473 g/mol. The van der Waals surface area contributed by atoms with Crippen LogP contribution in [0.4, 0.5) is 0 Å². The summed E-state index contributed by atoms with van der Waals surface area (Å²) < 4.78 is 3.00. The number of amides is 1. The van der Waals surface area contributed by atoms with Gasteiger partial charge in [0.15, 0.2) is 0 Å². The first-order valence-electron chi connectivity index (χ1n) is 8.46. The first-order chi connectivity index (χ1) is 12.0. The van der Waals surface area contributed by atoms with E-state index in [1.165, 1.54) is 0 Å². The molecule has 25 heavy (non-hydrogen) atoms. The smallest absolute Gasteiger partial charge is 0.224 e. The van der Waals surface area contributed by atoms with E-state index in [0.717, 1.165) is 52.6 Å². The molecule has 134 valence electrons. The van der Waals surface area contributed by atoms with E-state index in [1.807, 2.05) is 40.9 Å². The maximum Gasteiger partial charge on any atom is 0.224 e. The lowest BCUT2D eigenvalue weighted by atomic mass is 10.2. The molecule has 2 heterocycles. The van der Waals surface area contributed by atoms with E-state index in [1.54, 1.807) is 0 Å². The lowest BCUT2D eigenvalue weighted by Crippen LogP contribution is -2.48. The second-order valence-corrected chi connectivity index (χ2v) is 7.89. The van der Waals surface area contributed by atoms with Crippen LogP contribution in [0.3, 0.4) is 0 Å². The van der Waals surface area contributed by atoms with Crippen LogP contribution in [0.5, 0.6) is 0 Å². The first-order valence-corrected chi connectivity index (χ1v) is 9.91. The van der Waals surface area contributed by atoms with Crippen molar-refractivity contribution >= 4 is 40.1 Å². The van der Waals surface area contributed by atoms with Crippen LogP contribution < -0.4 is 0 Å². The van der Waals surface area contributed by atoms with Crippen LogP contribution in [-0.2, 0) is 17.9 Å². The van der Waals surface area contributed by atoms with E-state index < -0.39 is 0 Å². The lowest BCUT2D eigenvalue weighted by molar-refractivity contribution is -0.133. The monoisotopic (exact) mass is 472 g/mol. The van der Waals surface area contributed by atoms with Crippen molar-refractivity contribution in [2.45, 2.75) is 26.4 Å². The zero-order chi connectivity index (χ0) is 17.8. The number of carbonyl (C=O) groups excluding carboxylic acids is 1. The molecule has 1 aliphatic heterocycles. The highest BCUT2D eigenvalue weighted by Crippen LogP contribution is 2.18. The second kappa shape index (κ2) is 8.51. The molecule has 0 unspecified atom stereocenters. The lowest BCUT2D eigenvalue weighted by Gasteiger charge is -2.35. The normalized spacial score (nSPS) is 15.6. The number of rotatable bonds is 5. The summed E-state index contributed by atoms with van der Waals surface area (Å²) in [4.78, 5) is 16.7. The summed E-state index contributed by atoms with van der Waals surface area (Å²) in [6.45, 7) is 6.79. The van der Waals surface area contributed by atoms with Gasteiger partial charge in [0.25, 0.3) is 0 Å². The van der Waals surface area contributed by atoms with Crippen LogP contribution in [0.15, 0.2) is 30.5 Å². The van der Waals surface area contributed by atoms with Gasteiger partial charge >= 0.3 is 0 Å². The largest absolute Gasteiger partial charge is 0.340 e. The third kappa shape index (κ3) is 4.95. The summed E-state index contributed by atoms with van der Waals surface area (Å²) in [6, 6.07) is 7.95. The Hall–Kier alpha value is -1.12. The van der Waals surface area contributed by atoms with Crippen molar-refractivity contribution in [1.82, 2.24) is 19.6 Å². The van der Waals surface area contributed by atoms with Crippen molar-refractivity contribution in [3.63, 3.8) is 0 Å². The van der Waals surface area contributed by atoms with Crippen LogP contribution in [0.1, 0.15) is 17.7 Å². The molecule has 0 spiro atoms. The van der Waals surface area contributed by atoms with E-state index in [2.05, 4.69) is 38.7 Å². The molecule has 5 nitrogen and oxygen atoms in total. The van der Waals surface area contributed by atoms with Gasteiger partial charge in [-0.1, -0.05) is 29.8 Å². The van der Waals surface area contributed by atoms with E-state index in [9.17, 15) is 4.79 Å². The summed E-state index contributed by atoms with van der Waals surface area (Å²) in [7, 11) is 0. The molecule has 0 aliphatic carbocycles. The molecular formula is C18H22ClIN4O. The minimum atomic E-state index is 0.209. The Morgan fingerprint density at radius 2 is 1.96 bits per heavy atom. The number of halogens is 2. The quantitative estimate of drug-likeness (QED) is 0.628. The van der Waals surface area contributed by atoms with Gasteiger partial charge in [0.1, 0.15) is 0 Å². The van der Waals surface area contributed by atoms with Gasteiger partial charge in [-0.3, -0.25) is 14.4 Å². The zero-order valence-electron chi connectivity index (χ0n) is 14.3. The highest BCUT2D eigenvalue weighted by atomic mass is 127. The fraction of sp³-hybridized carbons (Fsp3) is 0.444. The maximum absolute atomic E-state index is 12.4. The summed E-state index contributed by atoms with van der Waals surface area (Å²) in [5.74, 6) is 0.209. The number of benzene rings is 1. The molecule has 0 radical (unpaired) electrons. The zero-order valence-corrected chi connectivity index (χ0v) is 17.2. The molecule has 1 aromatic carbocycles. The summed E-state index contributed by atoms with van der Waals surface area (Å²) >= 11 is 8.50. The number of aromatic nitrogens is 2. The third-order valence-corrected chi connectivity index (χ3v) is 5.95. The molecule has 1 amide bonds. The van der Waals surface area contributed by atoms with Gasteiger partial charge in [-0.05, 0) is 41.1 Å². The Morgan fingerprint density at radius 1 is 1.24 bits per heavy atom. The Balaban J connectivity index is 1.45. The Bertz CT molecular complexity index is 721. The number of aryl methyl sites for hydroxylation is 2. The maximum atomic E-state index is 12.4. The first kappa shape index (κ1) is 18.7. The molecular weight excluding hydrogens is 451 g/mol. The fourth-order valence-corrected chi connectivity index (χ4v) is 3.62.